The molecule has 1 rings (SSSR count). The summed E-state index contributed by atoms with van der Waals surface area (Å²) < 4.78 is 42.5. The van der Waals surface area contributed by atoms with Gasteiger partial charge >= 0.3 is 12.1 Å². The maximum absolute atomic E-state index is 12.6. The molecule has 1 aromatic carbocycles. The van der Waals surface area contributed by atoms with Crippen LogP contribution in [0.2, 0.25) is 0 Å². The summed E-state index contributed by atoms with van der Waals surface area (Å²) in [4.78, 5) is 10.6. The fraction of sp³-hybridized carbons (Fsp3) is 0.250. The molecule has 0 radical (unpaired) electrons. The van der Waals surface area contributed by atoms with Crippen molar-refractivity contribution in [3.63, 3.8) is 0 Å². The molecule has 0 bridgehead atoms. The van der Waals surface area contributed by atoms with Crippen molar-refractivity contribution in [1.82, 2.24) is 0 Å². The second-order valence-corrected chi connectivity index (χ2v) is 3.43. The summed E-state index contributed by atoms with van der Waals surface area (Å²) in [5.41, 5.74) is -0.787. The van der Waals surface area contributed by atoms with Gasteiger partial charge in [-0.25, -0.2) is 0 Å². The van der Waals surface area contributed by atoms with E-state index < -0.39 is 17.7 Å². The van der Waals surface area contributed by atoms with Gasteiger partial charge in [0.25, 0.3) is 0 Å². The van der Waals surface area contributed by atoms with E-state index in [1.54, 1.807) is 0 Å². The van der Waals surface area contributed by atoms with Crippen molar-refractivity contribution in [3.8, 4) is 0 Å². The third kappa shape index (κ3) is 3.94. The van der Waals surface area contributed by atoms with Gasteiger partial charge in [0, 0.05) is 6.92 Å². The number of alkyl halides is 3. The SMILES string of the molecule is CC(=O)O/C(C)=C/c1ccccc1C(F)(F)F. The Kier molecular flexibility index (Phi) is 3.93. The number of carbonyl (C=O) groups is 1. The molecule has 0 spiro atoms. The molecule has 0 heterocycles. The zero-order chi connectivity index (χ0) is 13.1. The molecular weight excluding hydrogens is 233 g/mol. The molecule has 2 nitrogen and oxygen atoms in total. The molecule has 0 N–H and O–H groups in total. The Morgan fingerprint density at radius 3 is 2.35 bits per heavy atom. The van der Waals surface area contributed by atoms with Gasteiger partial charge in [0.2, 0.25) is 0 Å². The number of esters is 1. The van der Waals surface area contributed by atoms with Crippen molar-refractivity contribution in [2.24, 2.45) is 0 Å². The van der Waals surface area contributed by atoms with Gasteiger partial charge in [-0.3, -0.25) is 4.79 Å². The van der Waals surface area contributed by atoms with Gasteiger partial charge in [-0.15, -0.1) is 0 Å². The molecule has 0 saturated carbocycles. The topological polar surface area (TPSA) is 26.3 Å². The Morgan fingerprint density at radius 2 is 1.82 bits per heavy atom. The van der Waals surface area contributed by atoms with E-state index in [2.05, 4.69) is 4.74 Å². The lowest BCUT2D eigenvalue weighted by molar-refractivity contribution is -0.137. The van der Waals surface area contributed by atoms with Gasteiger partial charge in [0.1, 0.15) is 5.76 Å². The van der Waals surface area contributed by atoms with Crippen molar-refractivity contribution in [3.05, 3.63) is 41.2 Å². The van der Waals surface area contributed by atoms with Crippen LogP contribution in [0.1, 0.15) is 25.0 Å². The normalized spacial score (nSPS) is 12.4. The number of halogens is 3. The third-order valence-electron chi connectivity index (χ3n) is 1.93. The molecule has 0 aliphatic rings. The molecular formula is C12H11F3O2. The Balaban J connectivity index is 3.11. The van der Waals surface area contributed by atoms with Crippen LogP contribution in [0.5, 0.6) is 0 Å². The van der Waals surface area contributed by atoms with Crippen LogP contribution in [0.4, 0.5) is 13.2 Å². The zero-order valence-corrected chi connectivity index (χ0v) is 9.34. The van der Waals surface area contributed by atoms with Gasteiger partial charge in [-0.2, -0.15) is 13.2 Å². The van der Waals surface area contributed by atoms with E-state index in [4.69, 9.17) is 0 Å². The fourth-order valence-electron chi connectivity index (χ4n) is 1.36. The van der Waals surface area contributed by atoms with Crippen LogP contribution < -0.4 is 0 Å². The van der Waals surface area contributed by atoms with Crippen LogP contribution in [-0.2, 0) is 15.7 Å². The first-order valence-corrected chi connectivity index (χ1v) is 4.83. The van der Waals surface area contributed by atoms with Crippen LogP contribution >= 0.6 is 0 Å². The first-order chi connectivity index (χ1) is 7.80. The summed E-state index contributed by atoms with van der Waals surface area (Å²) in [7, 11) is 0. The van der Waals surface area contributed by atoms with Crippen molar-refractivity contribution >= 4 is 12.0 Å². The van der Waals surface area contributed by atoms with Gasteiger partial charge < -0.3 is 4.74 Å². The molecule has 0 aromatic heterocycles. The van der Waals surface area contributed by atoms with E-state index in [9.17, 15) is 18.0 Å². The molecule has 0 atom stereocenters. The summed E-state index contributed by atoms with van der Waals surface area (Å²) in [6, 6.07) is 5.09. The maximum atomic E-state index is 12.6. The van der Waals surface area contributed by atoms with Crippen LogP contribution in [0.3, 0.4) is 0 Å². The van der Waals surface area contributed by atoms with E-state index >= 15 is 0 Å². The van der Waals surface area contributed by atoms with Crippen LogP contribution in [0, 0.1) is 0 Å². The summed E-state index contributed by atoms with van der Waals surface area (Å²) in [6.07, 6.45) is -3.24. The minimum atomic E-state index is -4.43. The number of carbonyl (C=O) groups excluding carboxylic acids is 1. The minimum absolute atomic E-state index is 0.0289. The lowest BCUT2D eigenvalue weighted by atomic mass is 10.1. The second kappa shape index (κ2) is 5.03. The minimum Gasteiger partial charge on any atom is -0.432 e. The van der Waals surface area contributed by atoms with Crippen LogP contribution in [-0.4, -0.2) is 5.97 Å². The summed E-state index contributed by atoms with van der Waals surface area (Å²) >= 11 is 0. The fourth-order valence-corrected chi connectivity index (χ4v) is 1.36. The summed E-state index contributed by atoms with van der Waals surface area (Å²) in [6.45, 7) is 2.61. The van der Waals surface area contributed by atoms with E-state index in [0.29, 0.717) is 0 Å². The molecule has 0 fully saturated rings. The predicted octanol–water partition coefficient (Wildman–Crippen LogP) is 3.63. The third-order valence-corrected chi connectivity index (χ3v) is 1.93. The highest BCUT2D eigenvalue weighted by molar-refractivity contribution is 5.69. The highest BCUT2D eigenvalue weighted by Crippen LogP contribution is 2.32. The van der Waals surface area contributed by atoms with E-state index in [-0.39, 0.29) is 11.3 Å². The zero-order valence-electron chi connectivity index (χ0n) is 9.34. The van der Waals surface area contributed by atoms with Crippen LogP contribution in [0.25, 0.3) is 6.08 Å². The van der Waals surface area contributed by atoms with Crippen LogP contribution in [0.15, 0.2) is 30.0 Å². The smallest absolute Gasteiger partial charge is 0.416 e. The number of hydrogen-bond donors (Lipinski definition) is 0. The molecule has 0 aliphatic carbocycles. The molecule has 17 heavy (non-hydrogen) atoms. The standard InChI is InChI=1S/C12H11F3O2/c1-8(17-9(2)16)7-10-5-3-4-6-11(10)12(13,14)15/h3-7H,1-2H3/b8-7+. The number of benzene rings is 1. The molecule has 5 heteroatoms. The Bertz CT molecular complexity index is 447. The number of hydrogen-bond acceptors (Lipinski definition) is 2. The molecule has 0 unspecified atom stereocenters. The molecule has 92 valence electrons. The van der Waals surface area contributed by atoms with E-state index in [1.165, 1.54) is 38.1 Å². The molecule has 1 aromatic rings. The largest absolute Gasteiger partial charge is 0.432 e. The predicted molar refractivity (Wildman–Crippen MR) is 56.9 cm³/mol. The lowest BCUT2D eigenvalue weighted by Crippen LogP contribution is -2.07. The van der Waals surface area contributed by atoms with Gasteiger partial charge in [0.05, 0.1) is 5.56 Å². The Hall–Kier alpha value is -1.78. The monoisotopic (exact) mass is 244 g/mol. The van der Waals surface area contributed by atoms with Gasteiger partial charge in [-0.1, -0.05) is 18.2 Å². The summed E-state index contributed by atoms with van der Waals surface area (Å²) in [5.74, 6) is -0.447. The highest BCUT2D eigenvalue weighted by Gasteiger charge is 2.32. The highest BCUT2D eigenvalue weighted by atomic mass is 19.4. The summed E-state index contributed by atoms with van der Waals surface area (Å²) in [5, 5.41) is 0. The lowest BCUT2D eigenvalue weighted by Gasteiger charge is -2.10. The van der Waals surface area contributed by atoms with E-state index in [1.807, 2.05) is 0 Å². The Morgan fingerprint density at radius 1 is 1.24 bits per heavy atom. The quantitative estimate of drug-likeness (QED) is 0.586. The average molecular weight is 244 g/mol. The van der Waals surface area contributed by atoms with Crippen molar-refractivity contribution in [2.75, 3.05) is 0 Å². The molecule has 0 amide bonds. The molecule has 0 aliphatic heterocycles. The van der Waals surface area contributed by atoms with Crippen molar-refractivity contribution in [1.29, 1.82) is 0 Å². The maximum Gasteiger partial charge on any atom is 0.416 e. The first kappa shape index (κ1) is 13.3. The van der Waals surface area contributed by atoms with Crippen molar-refractivity contribution in [2.45, 2.75) is 20.0 Å². The van der Waals surface area contributed by atoms with Gasteiger partial charge in [0.15, 0.2) is 0 Å². The number of rotatable bonds is 2. The van der Waals surface area contributed by atoms with Gasteiger partial charge in [-0.05, 0) is 24.6 Å². The second-order valence-electron chi connectivity index (χ2n) is 3.43. The van der Waals surface area contributed by atoms with Crippen molar-refractivity contribution < 1.29 is 22.7 Å². The average Bonchev–Trinajstić information content (AvgIpc) is 2.15. The number of allylic oxidation sites excluding steroid dienone is 1. The molecule has 0 saturated heterocycles. The van der Waals surface area contributed by atoms with E-state index in [0.717, 1.165) is 6.07 Å². The first-order valence-electron chi connectivity index (χ1n) is 4.83. The Labute approximate surface area is 96.7 Å². The number of ether oxygens (including phenoxy) is 1.